The molecule has 0 unspecified atom stereocenters. The van der Waals surface area contributed by atoms with Crippen LogP contribution in [-0.4, -0.2) is 43.5 Å². The van der Waals surface area contributed by atoms with E-state index in [0.717, 1.165) is 6.20 Å². The number of hydrogen-bond acceptors (Lipinski definition) is 7. The minimum Gasteiger partial charge on any atom is -0.464 e. The molecule has 150 valence electrons. The van der Waals surface area contributed by atoms with Crippen LogP contribution in [-0.2, 0) is 18.0 Å². The molecule has 0 aliphatic carbocycles. The van der Waals surface area contributed by atoms with Crippen LogP contribution in [0.1, 0.15) is 26.7 Å². The number of ether oxygens (including phenoxy) is 1. The lowest BCUT2D eigenvalue weighted by Crippen LogP contribution is -2.18. The first kappa shape index (κ1) is 19.9. The van der Waals surface area contributed by atoms with Crippen LogP contribution in [0.4, 0.5) is 18.9 Å². The summed E-state index contributed by atoms with van der Waals surface area (Å²) in [5.41, 5.74) is -1.41. The lowest BCUT2D eigenvalue weighted by molar-refractivity contribution is -0.141. The normalized spacial score (nSPS) is 11.2. The van der Waals surface area contributed by atoms with Crippen molar-refractivity contribution in [3.05, 3.63) is 54.0 Å². The van der Waals surface area contributed by atoms with E-state index in [1.165, 1.54) is 36.3 Å². The van der Waals surface area contributed by atoms with E-state index >= 15 is 0 Å². The standard InChI is InChI=1S/C17H13F3N6O3/c1-26-8-21-7-12(26)14-24-11(5-13(25-14)17(18,19)20)15(27)23-9-3-4-10(22-6-9)16(28)29-2/h3-8H,1-2H3,(H,23,27). The summed E-state index contributed by atoms with van der Waals surface area (Å²) in [6.07, 6.45) is -0.965. The molecule has 29 heavy (non-hydrogen) atoms. The fourth-order valence-electron chi connectivity index (χ4n) is 2.28. The fraction of sp³-hybridized carbons (Fsp3) is 0.176. The highest BCUT2D eigenvalue weighted by atomic mass is 19.4. The molecule has 1 amide bonds. The molecule has 0 fully saturated rings. The van der Waals surface area contributed by atoms with Gasteiger partial charge in [0, 0.05) is 13.1 Å². The topological polar surface area (TPSA) is 112 Å². The van der Waals surface area contributed by atoms with Gasteiger partial charge >= 0.3 is 12.1 Å². The van der Waals surface area contributed by atoms with Gasteiger partial charge in [-0.15, -0.1) is 0 Å². The first-order valence-corrected chi connectivity index (χ1v) is 7.97. The van der Waals surface area contributed by atoms with E-state index in [9.17, 15) is 22.8 Å². The molecule has 0 radical (unpaired) electrons. The number of carbonyl (C=O) groups is 2. The molecule has 3 heterocycles. The lowest BCUT2D eigenvalue weighted by Gasteiger charge is -2.11. The van der Waals surface area contributed by atoms with Crippen molar-refractivity contribution in [2.45, 2.75) is 6.18 Å². The number of pyridine rings is 1. The van der Waals surface area contributed by atoms with Gasteiger partial charge in [0.2, 0.25) is 0 Å². The third-order valence-corrected chi connectivity index (χ3v) is 3.71. The Bertz CT molecular complexity index is 1060. The Kier molecular flexibility index (Phi) is 5.26. The minimum atomic E-state index is -4.78. The minimum absolute atomic E-state index is 0.00499. The van der Waals surface area contributed by atoms with Gasteiger partial charge in [-0.1, -0.05) is 0 Å². The number of halogens is 3. The van der Waals surface area contributed by atoms with Crippen molar-refractivity contribution >= 4 is 17.6 Å². The molecular formula is C17H13F3N6O3. The van der Waals surface area contributed by atoms with Crippen LogP contribution in [0, 0.1) is 0 Å². The summed E-state index contributed by atoms with van der Waals surface area (Å²) >= 11 is 0. The predicted octanol–water partition coefficient (Wildman–Crippen LogP) is 2.33. The van der Waals surface area contributed by atoms with Gasteiger partial charge in [-0.2, -0.15) is 13.2 Å². The summed E-state index contributed by atoms with van der Waals surface area (Å²) in [7, 11) is 2.74. The lowest BCUT2D eigenvalue weighted by atomic mass is 10.2. The maximum Gasteiger partial charge on any atom is 0.433 e. The van der Waals surface area contributed by atoms with Crippen molar-refractivity contribution < 1.29 is 27.5 Å². The number of rotatable bonds is 4. The van der Waals surface area contributed by atoms with E-state index in [-0.39, 0.29) is 22.9 Å². The number of imidazole rings is 1. The highest BCUT2D eigenvalue weighted by Gasteiger charge is 2.34. The third kappa shape index (κ3) is 4.36. The second-order valence-electron chi connectivity index (χ2n) is 5.73. The predicted molar refractivity (Wildman–Crippen MR) is 92.8 cm³/mol. The zero-order valence-corrected chi connectivity index (χ0v) is 15.1. The van der Waals surface area contributed by atoms with Gasteiger partial charge in [-0.05, 0) is 12.1 Å². The summed E-state index contributed by atoms with van der Waals surface area (Å²) in [5.74, 6) is -1.88. The summed E-state index contributed by atoms with van der Waals surface area (Å²) in [6, 6.07) is 3.19. The van der Waals surface area contributed by atoms with Crippen molar-refractivity contribution in [2.75, 3.05) is 12.4 Å². The summed E-state index contributed by atoms with van der Waals surface area (Å²) in [4.78, 5) is 38.9. The number of nitrogens with zero attached hydrogens (tertiary/aromatic N) is 5. The van der Waals surface area contributed by atoms with E-state index in [1.54, 1.807) is 7.05 Å². The summed E-state index contributed by atoms with van der Waals surface area (Å²) < 4.78 is 45.6. The van der Waals surface area contributed by atoms with E-state index in [1.807, 2.05) is 0 Å². The molecule has 9 nitrogen and oxygen atoms in total. The number of aryl methyl sites for hydroxylation is 1. The molecule has 0 spiro atoms. The van der Waals surface area contributed by atoms with Crippen LogP contribution in [0.25, 0.3) is 11.5 Å². The average Bonchev–Trinajstić information content (AvgIpc) is 3.13. The Labute approximate surface area is 161 Å². The van der Waals surface area contributed by atoms with Crippen LogP contribution >= 0.6 is 0 Å². The highest BCUT2D eigenvalue weighted by Crippen LogP contribution is 2.29. The van der Waals surface area contributed by atoms with Crippen molar-refractivity contribution in [2.24, 2.45) is 7.05 Å². The number of nitrogens with one attached hydrogen (secondary N) is 1. The quantitative estimate of drug-likeness (QED) is 0.662. The largest absolute Gasteiger partial charge is 0.464 e. The van der Waals surface area contributed by atoms with E-state index in [0.29, 0.717) is 6.07 Å². The molecule has 0 saturated carbocycles. The number of methoxy groups -OCH3 is 1. The molecule has 0 aliphatic rings. The number of anilines is 1. The smallest absolute Gasteiger partial charge is 0.433 e. The van der Waals surface area contributed by atoms with Gasteiger partial charge in [0.25, 0.3) is 5.91 Å². The molecule has 0 atom stereocenters. The van der Waals surface area contributed by atoms with E-state index < -0.39 is 29.4 Å². The Balaban J connectivity index is 1.93. The number of amides is 1. The van der Waals surface area contributed by atoms with Gasteiger partial charge in [0.15, 0.2) is 5.82 Å². The van der Waals surface area contributed by atoms with E-state index in [4.69, 9.17) is 0 Å². The van der Waals surface area contributed by atoms with Gasteiger partial charge in [-0.3, -0.25) is 4.79 Å². The number of hydrogen-bond donors (Lipinski definition) is 1. The molecule has 3 rings (SSSR count). The zero-order valence-electron chi connectivity index (χ0n) is 15.1. The van der Waals surface area contributed by atoms with Gasteiger partial charge < -0.3 is 14.6 Å². The zero-order chi connectivity index (χ0) is 21.2. The van der Waals surface area contributed by atoms with Gasteiger partial charge in [0.05, 0.1) is 31.5 Å². The average molecular weight is 406 g/mol. The fourth-order valence-corrected chi connectivity index (χ4v) is 2.28. The van der Waals surface area contributed by atoms with Crippen molar-refractivity contribution in [1.82, 2.24) is 24.5 Å². The molecule has 12 heteroatoms. The maximum atomic E-state index is 13.2. The molecule has 0 aromatic carbocycles. The van der Waals surface area contributed by atoms with Gasteiger partial charge in [-0.25, -0.2) is 24.7 Å². The number of alkyl halides is 3. The molecule has 0 bridgehead atoms. The molecule has 3 aromatic heterocycles. The van der Waals surface area contributed by atoms with Crippen LogP contribution in [0.5, 0.6) is 0 Å². The summed E-state index contributed by atoms with van der Waals surface area (Å²) in [6.45, 7) is 0. The first-order valence-electron chi connectivity index (χ1n) is 7.97. The third-order valence-electron chi connectivity index (χ3n) is 3.71. The first-order chi connectivity index (χ1) is 13.7. The molecule has 0 saturated heterocycles. The molecule has 3 aromatic rings. The van der Waals surface area contributed by atoms with Crippen LogP contribution < -0.4 is 5.32 Å². The highest BCUT2D eigenvalue weighted by molar-refractivity contribution is 6.03. The number of esters is 1. The summed E-state index contributed by atoms with van der Waals surface area (Å²) in [5, 5.41) is 2.37. The van der Waals surface area contributed by atoms with Crippen LogP contribution in [0.2, 0.25) is 0 Å². The van der Waals surface area contributed by atoms with Crippen LogP contribution in [0.3, 0.4) is 0 Å². The number of aromatic nitrogens is 5. The van der Waals surface area contributed by atoms with Gasteiger partial charge in [0.1, 0.15) is 22.8 Å². The van der Waals surface area contributed by atoms with E-state index in [2.05, 4.69) is 30.0 Å². The Morgan fingerprint density at radius 1 is 1.14 bits per heavy atom. The molecular weight excluding hydrogens is 393 g/mol. The molecule has 0 aliphatic heterocycles. The Morgan fingerprint density at radius 2 is 1.90 bits per heavy atom. The molecule has 1 N–H and O–H groups in total. The Hall–Kier alpha value is -3.83. The SMILES string of the molecule is COC(=O)c1ccc(NC(=O)c2cc(C(F)(F)F)nc(-c3cncn3C)n2)cn1. The van der Waals surface area contributed by atoms with Crippen LogP contribution in [0.15, 0.2) is 36.9 Å². The maximum absolute atomic E-state index is 13.2. The number of carbonyl (C=O) groups excluding carboxylic acids is 2. The monoisotopic (exact) mass is 406 g/mol. The second kappa shape index (κ2) is 7.66. The Morgan fingerprint density at radius 3 is 2.45 bits per heavy atom. The van der Waals surface area contributed by atoms with Crippen molar-refractivity contribution in [1.29, 1.82) is 0 Å². The van der Waals surface area contributed by atoms with Crippen molar-refractivity contribution in [3.63, 3.8) is 0 Å². The van der Waals surface area contributed by atoms with Crippen molar-refractivity contribution in [3.8, 4) is 11.5 Å². The second-order valence-corrected chi connectivity index (χ2v) is 5.73.